The van der Waals surface area contributed by atoms with Gasteiger partial charge < -0.3 is 4.74 Å². The molecule has 0 amide bonds. The lowest BCUT2D eigenvalue weighted by Crippen LogP contribution is -1.94. The monoisotopic (exact) mass is 171 g/mol. The molecule has 64 valence electrons. The number of hydrogen-bond acceptors (Lipinski definition) is 2. The number of rotatable bonds is 1. The van der Waals surface area contributed by atoms with Gasteiger partial charge in [-0.3, -0.25) is 4.99 Å². The van der Waals surface area contributed by atoms with E-state index in [0.29, 0.717) is 0 Å². The Morgan fingerprint density at radius 2 is 1.85 bits per heavy atom. The van der Waals surface area contributed by atoms with Crippen molar-refractivity contribution in [1.29, 1.82) is 0 Å². The normalized spacial score (nSPS) is 14.6. The fraction of sp³-hybridized carbons (Fsp3) is 0. The van der Waals surface area contributed by atoms with Crippen LogP contribution in [0.2, 0.25) is 0 Å². The highest BCUT2D eigenvalue weighted by Gasteiger charge is 1.98. The van der Waals surface area contributed by atoms with Crippen molar-refractivity contribution in [2.45, 2.75) is 0 Å². The highest BCUT2D eigenvalue weighted by Crippen LogP contribution is 2.05. The van der Waals surface area contributed by atoms with Crippen LogP contribution >= 0.6 is 0 Å². The van der Waals surface area contributed by atoms with E-state index in [1.54, 1.807) is 18.7 Å². The molecule has 1 aliphatic rings. The van der Waals surface area contributed by atoms with Gasteiger partial charge in [0.25, 0.3) is 0 Å². The third kappa shape index (κ3) is 1.85. The van der Waals surface area contributed by atoms with E-state index in [-0.39, 0.29) is 0 Å². The molecule has 0 spiro atoms. The fourth-order valence-electron chi connectivity index (χ4n) is 1.12. The highest BCUT2D eigenvalue weighted by atomic mass is 16.5. The zero-order valence-electron chi connectivity index (χ0n) is 7.05. The van der Waals surface area contributed by atoms with Gasteiger partial charge in [0.2, 0.25) is 0 Å². The molecule has 2 heteroatoms. The van der Waals surface area contributed by atoms with Gasteiger partial charge in [-0.05, 0) is 6.08 Å². The Morgan fingerprint density at radius 3 is 2.69 bits per heavy atom. The van der Waals surface area contributed by atoms with Crippen LogP contribution in [0.25, 0.3) is 0 Å². The van der Waals surface area contributed by atoms with Crippen molar-refractivity contribution in [3.8, 4) is 0 Å². The molecule has 2 nitrogen and oxygen atoms in total. The summed E-state index contributed by atoms with van der Waals surface area (Å²) in [5.41, 5.74) is 2.00. The number of ether oxygens (including phenoxy) is 1. The SMILES string of the molecule is C1=COC=CC(c2ccccc2)=N1. The van der Waals surface area contributed by atoms with Crippen molar-refractivity contribution in [2.75, 3.05) is 0 Å². The summed E-state index contributed by atoms with van der Waals surface area (Å²) in [4.78, 5) is 4.22. The van der Waals surface area contributed by atoms with E-state index in [1.165, 1.54) is 0 Å². The smallest absolute Gasteiger partial charge is 0.108 e. The van der Waals surface area contributed by atoms with Gasteiger partial charge >= 0.3 is 0 Å². The first kappa shape index (κ1) is 7.80. The van der Waals surface area contributed by atoms with Crippen LogP contribution in [0.5, 0.6) is 0 Å². The molecule has 0 bridgehead atoms. The Bertz CT molecular complexity index is 363. The lowest BCUT2D eigenvalue weighted by atomic mass is 10.1. The van der Waals surface area contributed by atoms with Gasteiger partial charge in [-0.2, -0.15) is 0 Å². The molecule has 13 heavy (non-hydrogen) atoms. The summed E-state index contributed by atoms with van der Waals surface area (Å²) in [6, 6.07) is 9.99. The molecule has 1 aliphatic heterocycles. The third-order valence-corrected chi connectivity index (χ3v) is 1.73. The summed E-state index contributed by atoms with van der Waals surface area (Å²) < 4.78 is 4.97. The lowest BCUT2D eigenvalue weighted by molar-refractivity contribution is 0.403. The minimum absolute atomic E-state index is 0.911. The number of hydrogen-bond donors (Lipinski definition) is 0. The van der Waals surface area contributed by atoms with Gasteiger partial charge in [0.05, 0.1) is 18.2 Å². The molecule has 0 unspecified atom stereocenters. The molecular weight excluding hydrogens is 162 g/mol. The molecule has 1 aromatic carbocycles. The summed E-state index contributed by atoms with van der Waals surface area (Å²) in [6.45, 7) is 0. The minimum atomic E-state index is 0.911. The third-order valence-electron chi connectivity index (χ3n) is 1.73. The molecule has 1 aromatic rings. The van der Waals surface area contributed by atoms with Gasteiger partial charge in [0.1, 0.15) is 6.26 Å². The largest absolute Gasteiger partial charge is 0.471 e. The van der Waals surface area contributed by atoms with Crippen molar-refractivity contribution in [2.24, 2.45) is 4.99 Å². The lowest BCUT2D eigenvalue weighted by Gasteiger charge is -1.97. The standard InChI is InChI=1S/C11H9NO/c1-2-4-10(5-3-1)11-6-8-13-9-7-12-11/h1-9H. The van der Waals surface area contributed by atoms with Crippen molar-refractivity contribution < 1.29 is 4.74 Å². The van der Waals surface area contributed by atoms with E-state index in [1.807, 2.05) is 36.4 Å². The molecule has 0 atom stereocenters. The van der Waals surface area contributed by atoms with Crippen LogP contribution in [0.1, 0.15) is 5.56 Å². The predicted molar refractivity (Wildman–Crippen MR) is 52.3 cm³/mol. The van der Waals surface area contributed by atoms with Gasteiger partial charge in [0.15, 0.2) is 0 Å². The molecule has 0 saturated carbocycles. The first-order valence-electron chi connectivity index (χ1n) is 4.07. The van der Waals surface area contributed by atoms with Gasteiger partial charge in [0, 0.05) is 5.56 Å². The molecule has 0 radical (unpaired) electrons. The first-order valence-corrected chi connectivity index (χ1v) is 4.07. The minimum Gasteiger partial charge on any atom is -0.471 e. The van der Waals surface area contributed by atoms with E-state index < -0.39 is 0 Å². The van der Waals surface area contributed by atoms with Crippen molar-refractivity contribution in [1.82, 2.24) is 0 Å². The highest BCUT2D eigenvalue weighted by molar-refractivity contribution is 6.08. The van der Waals surface area contributed by atoms with E-state index in [2.05, 4.69) is 4.99 Å². The summed E-state index contributed by atoms with van der Waals surface area (Å²) >= 11 is 0. The summed E-state index contributed by atoms with van der Waals surface area (Å²) in [5, 5.41) is 0. The van der Waals surface area contributed by atoms with Crippen LogP contribution in [0.3, 0.4) is 0 Å². The number of aliphatic imine (C=N–C) groups is 1. The van der Waals surface area contributed by atoms with Crippen LogP contribution in [0.15, 0.2) is 60.1 Å². The zero-order valence-corrected chi connectivity index (χ0v) is 7.05. The van der Waals surface area contributed by atoms with Crippen LogP contribution in [0, 0.1) is 0 Å². The van der Waals surface area contributed by atoms with Crippen molar-refractivity contribution in [3.63, 3.8) is 0 Å². The Kier molecular flexibility index (Phi) is 2.23. The molecule has 2 rings (SSSR count). The predicted octanol–water partition coefficient (Wildman–Crippen LogP) is 2.49. The maximum absolute atomic E-state index is 4.97. The van der Waals surface area contributed by atoms with Crippen molar-refractivity contribution >= 4 is 5.71 Å². The summed E-state index contributed by atoms with van der Waals surface area (Å²) in [6.07, 6.45) is 6.65. The number of nitrogens with zero attached hydrogens (tertiary/aromatic N) is 1. The van der Waals surface area contributed by atoms with Gasteiger partial charge in [-0.1, -0.05) is 30.3 Å². The second-order valence-corrected chi connectivity index (χ2v) is 2.60. The maximum atomic E-state index is 4.97. The molecule has 1 heterocycles. The van der Waals surface area contributed by atoms with E-state index in [4.69, 9.17) is 4.74 Å². The Balaban J connectivity index is 2.36. The van der Waals surface area contributed by atoms with Crippen LogP contribution < -0.4 is 0 Å². The van der Waals surface area contributed by atoms with E-state index >= 15 is 0 Å². The van der Waals surface area contributed by atoms with Crippen molar-refractivity contribution in [3.05, 3.63) is 60.7 Å². The Labute approximate surface area is 76.9 Å². The zero-order chi connectivity index (χ0) is 8.93. The number of allylic oxidation sites excluding steroid dienone is 1. The second kappa shape index (κ2) is 3.72. The second-order valence-electron chi connectivity index (χ2n) is 2.60. The van der Waals surface area contributed by atoms with Crippen LogP contribution in [0.4, 0.5) is 0 Å². The molecule has 0 saturated heterocycles. The first-order chi connectivity index (χ1) is 6.47. The fourth-order valence-corrected chi connectivity index (χ4v) is 1.12. The number of benzene rings is 1. The molecule has 0 N–H and O–H groups in total. The molecule has 0 fully saturated rings. The van der Waals surface area contributed by atoms with E-state index in [9.17, 15) is 0 Å². The summed E-state index contributed by atoms with van der Waals surface area (Å²) in [5.74, 6) is 0. The van der Waals surface area contributed by atoms with Crippen LogP contribution in [-0.2, 0) is 4.74 Å². The molecular formula is C11H9NO. The van der Waals surface area contributed by atoms with Crippen LogP contribution in [-0.4, -0.2) is 5.71 Å². The maximum Gasteiger partial charge on any atom is 0.108 e. The van der Waals surface area contributed by atoms with E-state index in [0.717, 1.165) is 11.3 Å². The van der Waals surface area contributed by atoms with Gasteiger partial charge in [-0.15, -0.1) is 0 Å². The quantitative estimate of drug-likeness (QED) is 0.636. The average molecular weight is 171 g/mol. The van der Waals surface area contributed by atoms with Gasteiger partial charge in [-0.25, -0.2) is 0 Å². The average Bonchev–Trinajstić information content (AvgIpc) is 2.47. The topological polar surface area (TPSA) is 21.6 Å². The molecule has 0 aliphatic carbocycles. The Hall–Kier alpha value is -1.83. The summed E-state index contributed by atoms with van der Waals surface area (Å²) in [7, 11) is 0. The Morgan fingerprint density at radius 1 is 1.00 bits per heavy atom. The molecule has 0 aromatic heterocycles.